The van der Waals surface area contributed by atoms with Crippen LogP contribution in [0.15, 0.2) is 0 Å². The van der Waals surface area contributed by atoms with E-state index >= 15 is 0 Å². The van der Waals surface area contributed by atoms with Crippen molar-refractivity contribution >= 4 is 11.7 Å². The minimum absolute atomic E-state index is 0.180. The van der Waals surface area contributed by atoms with E-state index in [9.17, 15) is 18.4 Å². The van der Waals surface area contributed by atoms with E-state index < -0.39 is 12.0 Å². The summed E-state index contributed by atoms with van der Waals surface area (Å²) in [5.41, 5.74) is 0. The largest absolute Gasteiger partial charge is 0.332 e. The minimum Gasteiger partial charge on any atom is -0.332 e. The summed E-state index contributed by atoms with van der Waals surface area (Å²) < 4.78 is 26.4. The molecule has 2 rings (SSSR count). The molecular weight excluding hydrogens is 216 g/mol. The Hall–Kier alpha value is -1.00. The summed E-state index contributed by atoms with van der Waals surface area (Å²) in [6, 6.07) is -0.629. The van der Waals surface area contributed by atoms with Crippen LogP contribution in [0.5, 0.6) is 0 Å². The molecule has 0 spiro atoms. The number of halogens is 2. The Morgan fingerprint density at radius 2 is 1.88 bits per heavy atom. The summed E-state index contributed by atoms with van der Waals surface area (Å²) in [6.45, 7) is 3.06. The molecule has 1 aliphatic carbocycles. The van der Waals surface area contributed by atoms with E-state index in [2.05, 4.69) is 0 Å². The highest BCUT2D eigenvalue weighted by atomic mass is 19.3. The molecule has 3 atom stereocenters. The highest BCUT2D eigenvalue weighted by molar-refractivity contribution is 5.87. The second kappa shape index (κ2) is 3.50. The Morgan fingerprint density at radius 3 is 2.38 bits per heavy atom. The van der Waals surface area contributed by atoms with Crippen LogP contribution in [0.3, 0.4) is 0 Å². The lowest BCUT2D eigenvalue weighted by molar-refractivity contribution is -0.136. The van der Waals surface area contributed by atoms with Crippen molar-refractivity contribution in [2.75, 3.05) is 6.54 Å². The maximum atomic E-state index is 13.2. The Kier molecular flexibility index (Phi) is 2.51. The summed E-state index contributed by atoms with van der Waals surface area (Å²) in [5, 5.41) is 0. The van der Waals surface area contributed by atoms with Crippen LogP contribution in [0.4, 0.5) is 8.78 Å². The molecule has 0 N–H and O–H groups in total. The molecule has 1 aliphatic heterocycles. The molecule has 1 saturated carbocycles. The predicted molar refractivity (Wildman–Crippen MR) is 53.0 cm³/mol. The average Bonchev–Trinajstić information content (AvgIpc) is 2.54. The van der Waals surface area contributed by atoms with E-state index in [1.165, 1.54) is 18.7 Å². The first-order chi connectivity index (χ1) is 7.32. The predicted octanol–water partition coefficient (Wildman–Crippen LogP) is 1.47. The number of Topliss-reactive ketones (excluding diaryl/α,β-unsaturated/α-hetero) is 1. The number of nitrogens with zero attached hydrogens (tertiary/aromatic N) is 1. The maximum Gasteiger partial charge on any atom is 0.248 e. The average molecular weight is 231 g/mol. The molecular formula is C11H15F2NO2. The molecule has 1 heterocycles. The molecule has 5 heteroatoms. The van der Waals surface area contributed by atoms with Gasteiger partial charge in [0.2, 0.25) is 11.8 Å². The highest BCUT2D eigenvalue weighted by Crippen LogP contribution is 2.49. The van der Waals surface area contributed by atoms with Crippen LogP contribution in [0.25, 0.3) is 0 Å². The van der Waals surface area contributed by atoms with Crippen LogP contribution in [0.2, 0.25) is 0 Å². The standard InChI is InChI=1S/C11H15F2NO2/c1-6(15)10-9-4-11(12,13)3-8(9)5-14(10)7(2)16/h8-10H,3-5H2,1-2H3/t8-,9?,10+/m0/s1. The summed E-state index contributed by atoms with van der Waals surface area (Å²) in [6.07, 6.45) is -0.447. The summed E-state index contributed by atoms with van der Waals surface area (Å²) in [5.74, 6) is -3.60. The van der Waals surface area contributed by atoms with Crippen molar-refractivity contribution < 1.29 is 18.4 Å². The number of rotatable bonds is 1. The van der Waals surface area contributed by atoms with Crippen LogP contribution in [0.1, 0.15) is 26.7 Å². The molecule has 1 saturated heterocycles. The van der Waals surface area contributed by atoms with E-state index in [1.807, 2.05) is 0 Å². The minimum atomic E-state index is -2.66. The van der Waals surface area contributed by atoms with Gasteiger partial charge in [-0.05, 0) is 18.8 Å². The monoisotopic (exact) mass is 231 g/mol. The van der Waals surface area contributed by atoms with Gasteiger partial charge in [0.05, 0.1) is 6.04 Å². The molecule has 1 unspecified atom stereocenters. The van der Waals surface area contributed by atoms with Crippen molar-refractivity contribution in [1.29, 1.82) is 0 Å². The van der Waals surface area contributed by atoms with Crippen LogP contribution in [-0.4, -0.2) is 35.1 Å². The molecule has 2 aliphatic rings. The van der Waals surface area contributed by atoms with Crippen molar-refractivity contribution in [1.82, 2.24) is 4.90 Å². The van der Waals surface area contributed by atoms with Crippen molar-refractivity contribution in [3.05, 3.63) is 0 Å². The van der Waals surface area contributed by atoms with Crippen LogP contribution in [-0.2, 0) is 9.59 Å². The number of hydrogen-bond acceptors (Lipinski definition) is 2. The Labute approximate surface area is 92.8 Å². The number of carbonyl (C=O) groups excluding carboxylic acids is 2. The number of hydrogen-bond donors (Lipinski definition) is 0. The molecule has 3 nitrogen and oxygen atoms in total. The van der Waals surface area contributed by atoms with Gasteiger partial charge in [-0.1, -0.05) is 0 Å². The third kappa shape index (κ3) is 1.72. The van der Waals surface area contributed by atoms with Crippen molar-refractivity contribution in [2.45, 2.75) is 38.7 Å². The first kappa shape index (κ1) is 11.5. The van der Waals surface area contributed by atoms with Crippen molar-refractivity contribution in [3.8, 4) is 0 Å². The van der Waals surface area contributed by atoms with Gasteiger partial charge in [-0.2, -0.15) is 0 Å². The first-order valence-electron chi connectivity index (χ1n) is 5.47. The highest BCUT2D eigenvalue weighted by Gasteiger charge is 2.56. The SMILES string of the molecule is CC(=O)[C@@H]1C2CC(F)(F)C[C@H]2CN1C(C)=O. The first-order valence-corrected chi connectivity index (χ1v) is 5.47. The summed E-state index contributed by atoms with van der Waals surface area (Å²) >= 11 is 0. The smallest absolute Gasteiger partial charge is 0.248 e. The molecule has 0 bridgehead atoms. The van der Waals surface area contributed by atoms with E-state index in [0.29, 0.717) is 6.54 Å². The van der Waals surface area contributed by atoms with Gasteiger partial charge >= 0.3 is 0 Å². The van der Waals surface area contributed by atoms with Crippen molar-refractivity contribution in [3.63, 3.8) is 0 Å². The second-order valence-corrected chi connectivity index (χ2v) is 4.92. The number of carbonyl (C=O) groups is 2. The fourth-order valence-electron chi connectivity index (χ4n) is 3.14. The number of fused-ring (bicyclic) bond motifs is 1. The number of likely N-dealkylation sites (tertiary alicyclic amines) is 1. The second-order valence-electron chi connectivity index (χ2n) is 4.92. The summed E-state index contributed by atoms with van der Waals surface area (Å²) in [4.78, 5) is 24.3. The quantitative estimate of drug-likeness (QED) is 0.685. The van der Waals surface area contributed by atoms with Crippen molar-refractivity contribution in [2.24, 2.45) is 11.8 Å². The Morgan fingerprint density at radius 1 is 1.25 bits per heavy atom. The van der Waals surface area contributed by atoms with E-state index in [0.717, 1.165) is 0 Å². The van der Waals surface area contributed by atoms with Crippen LogP contribution < -0.4 is 0 Å². The zero-order chi connectivity index (χ0) is 12.1. The number of alkyl halides is 2. The topological polar surface area (TPSA) is 37.4 Å². The maximum absolute atomic E-state index is 13.2. The van der Waals surface area contributed by atoms with Gasteiger partial charge in [0.1, 0.15) is 0 Å². The van der Waals surface area contributed by atoms with E-state index in [-0.39, 0.29) is 36.4 Å². The van der Waals surface area contributed by atoms with E-state index in [4.69, 9.17) is 0 Å². The van der Waals surface area contributed by atoms with Gasteiger partial charge in [-0.15, -0.1) is 0 Å². The summed E-state index contributed by atoms with van der Waals surface area (Å²) in [7, 11) is 0. The van der Waals surface area contributed by atoms with Gasteiger partial charge in [0.25, 0.3) is 0 Å². The molecule has 0 aromatic heterocycles. The molecule has 0 radical (unpaired) electrons. The third-order valence-electron chi connectivity index (χ3n) is 3.69. The number of ketones is 1. The lowest BCUT2D eigenvalue weighted by atomic mass is 9.92. The molecule has 0 aromatic rings. The normalized spacial score (nSPS) is 36.2. The third-order valence-corrected chi connectivity index (χ3v) is 3.69. The fraction of sp³-hybridized carbons (Fsp3) is 0.818. The molecule has 2 fully saturated rings. The van der Waals surface area contributed by atoms with Crippen LogP contribution in [0, 0.1) is 11.8 Å². The molecule has 0 aromatic carbocycles. The lowest BCUT2D eigenvalue weighted by Crippen LogP contribution is -2.42. The Balaban J connectivity index is 2.23. The zero-order valence-corrected chi connectivity index (χ0v) is 9.37. The lowest BCUT2D eigenvalue weighted by Gasteiger charge is -2.25. The Bertz CT molecular complexity index is 343. The van der Waals surface area contributed by atoms with Gasteiger partial charge in [-0.3, -0.25) is 9.59 Å². The van der Waals surface area contributed by atoms with Gasteiger partial charge in [0, 0.05) is 26.3 Å². The number of amides is 1. The van der Waals surface area contributed by atoms with Gasteiger partial charge in [-0.25, -0.2) is 8.78 Å². The van der Waals surface area contributed by atoms with Gasteiger partial charge < -0.3 is 4.90 Å². The van der Waals surface area contributed by atoms with Gasteiger partial charge in [0.15, 0.2) is 5.78 Å². The molecule has 1 amide bonds. The van der Waals surface area contributed by atoms with Crippen LogP contribution >= 0.6 is 0 Å². The molecule has 16 heavy (non-hydrogen) atoms. The molecule has 90 valence electrons. The fourth-order valence-corrected chi connectivity index (χ4v) is 3.14. The van der Waals surface area contributed by atoms with E-state index in [1.54, 1.807) is 0 Å². The zero-order valence-electron chi connectivity index (χ0n) is 9.37.